The molecule has 0 saturated heterocycles. The summed E-state index contributed by atoms with van der Waals surface area (Å²) in [5, 5.41) is 7.42. The number of pyridine rings is 1. The number of hydrogen-bond donors (Lipinski definition) is 0. The van der Waals surface area contributed by atoms with Gasteiger partial charge in [0.05, 0.1) is 11.4 Å². The first-order chi connectivity index (χ1) is 22.0. The van der Waals surface area contributed by atoms with Gasteiger partial charge in [0.1, 0.15) is 0 Å². The number of aromatic nitrogens is 1. The second kappa shape index (κ2) is 9.74. The van der Waals surface area contributed by atoms with Gasteiger partial charge in [0.15, 0.2) is 0 Å². The van der Waals surface area contributed by atoms with Gasteiger partial charge in [-0.25, -0.2) is 4.98 Å². The Morgan fingerprint density at radius 2 is 0.978 bits per heavy atom. The summed E-state index contributed by atoms with van der Waals surface area (Å²) in [6, 6.07) is 55.3. The number of benzene rings is 7. The van der Waals surface area contributed by atoms with E-state index in [1.165, 1.54) is 71.3 Å². The van der Waals surface area contributed by atoms with Gasteiger partial charge < -0.3 is 0 Å². The van der Waals surface area contributed by atoms with Crippen LogP contribution >= 0.6 is 0 Å². The molecule has 0 N–H and O–H groups in total. The van der Waals surface area contributed by atoms with Gasteiger partial charge in [0, 0.05) is 16.5 Å². The zero-order chi connectivity index (χ0) is 30.1. The van der Waals surface area contributed by atoms with Gasteiger partial charge in [0.2, 0.25) is 0 Å². The molecule has 7 aromatic carbocycles. The molecular formula is C44H31N. The Balaban J connectivity index is 1.38. The molecule has 0 radical (unpaired) electrons. The molecule has 0 fully saturated rings. The number of fused-ring (bicyclic) bond motifs is 6. The van der Waals surface area contributed by atoms with E-state index in [1.807, 2.05) is 0 Å². The Kier molecular flexibility index (Phi) is 5.61. The molecule has 1 heterocycles. The monoisotopic (exact) mass is 573 g/mol. The Hall–Kier alpha value is -5.53. The SMILES string of the molecule is CC1(C)c2ccccc2-c2c1cc1ccccc1c2-c1cc(-c2ccc3ccccc3c2)cc(-c2ccc3ccccc3c2)n1. The smallest absolute Gasteiger partial charge is 0.0728 e. The van der Waals surface area contributed by atoms with Gasteiger partial charge in [-0.1, -0.05) is 135 Å². The standard InChI is InChI=1S/C44H31N/c1-44(2)38-18-10-9-17-37(38)42-39(44)25-33-15-7-8-16-36(33)43(42)41-27-35(32-21-19-28-11-3-5-13-30(28)23-32)26-40(45-41)34-22-20-29-12-4-6-14-31(29)24-34/h3-27H,1-2H3. The molecule has 0 unspecified atom stereocenters. The van der Waals surface area contributed by atoms with Crippen molar-refractivity contribution in [1.82, 2.24) is 4.98 Å². The van der Waals surface area contributed by atoms with E-state index in [-0.39, 0.29) is 5.41 Å². The fraction of sp³-hybridized carbons (Fsp3) is 0.0682. The van der Waals surface area contributed by atoms with Crippen LogP contribution in [0.25, 0.3) is 77.1 Å². The predicted molar refractivity (Wildman–Crippen MR) is 191 cm³/mol. The van der Waals surface area contributed by atoms with Crippen molar-refractivity contribution in [2.24, 2.45) is 0 Å². The van der Waals surface area contributed by atoms with Gasteiger partial charge in [-0.05, 0) is 96.0 Å². The van der Waals surface area contributed by atoms with Gasteiger partial charge >= 0.3 is 0 Å². The number of hydrogen-bond acceptors (Lipinski definition) is 1. The quantitative estimate of drug-likeness (QED) is 0.205. The van der Waals surface area contributed by atoms with E-state index in [0.717, 1.165) is 17.0 Å². The van der Waals surface area contributed by atoms with Crippen LogP contribution in [0.1, 0.15) is 25.0 Å². The summed E-state index contributed by atoms with van der Waals surface area (Å²) in [4.78, 5) is 5.52. The highest BCUT2D eigenvalue weighted by Crippen LogP contribution is 2.54. The third-order valence-electron chi connectivity index (χ3n) is 9.80. The van der Waals surface area contributed by atoms with Crippen molar-refractivity contribution in [2.75, 3.05) is 0 Å². The predicted octanol–water partition coefficient (Wildman–Crippen LogP) is 11.8. The third kappa shape index (κ3) is 4.05. The molecule has 212 valence electrons. The summed E-state index contributed by atoms with van der Waals surface area (Å²) in [7, 11) is 0. The maximum Gasteiger partial charge on any atom is 0.0728 e. The molecule has 0 amide bonds. The number of nitrogens with zero attached hydrogens (tertiary/aromatic N) is 1. The summed E-state index contributed by atoms with van der Waals surface area (Å²) in [5.41, 5.74) is 11.9. The van der Waals surface area contributed by atoms with Gasteiger partial charge in [-0.2, -0.15) is 0 Å². The van der Waals surface area contributed by atoms with Crippen LogP contribution in [-0.2, 0) is 5.41 Å². The summed E-state index contributed by atoms with van der Waals surface area (Å²) < 4.78 is 0. The number of rotatable bonds is 3. The molecule has 0 saturated carbocycles. The van der Waals surface area contributed by atoms with Crippen molar-refractivity contribution in [2.45, 2.75) is 19.3 Å². The average molecular weight is 574 g/mol. The molecule has 0 spiro atoms. The highest BCUT2D eigenvalue weighted by Gasteiger charge is 2.38. The summed E-state index contributed by atoms with van der Waals surface area (Å²) in [6.07, 6.45) is 0. The summed E-state index contributed by atoms with van der Waals surface area (Å²) in [6.45, 7) is 4.71. The van der Waals surface area contributed by atoms with Crippen LogP contribution < -0.4 is 0 Å². The van der Waals surface area contributed by atoms with Crippen LogP contribution in [0.4, 0.5) is 0 Å². The summed E-state index contributed by atoms with van der Waals surface area (Å²) in [5.74, 6) is 0. The maximum absolute atomic E-state index is 5.52. The lowest BCUT2D eigenvalue weighted by molar-refractivity contribution is 0.661. The lowest BCUT2D eigenvalue weighted by Crippen LogP contribution is -2.15. The van der Waals surface area contributed by atoms with Gasteiger partial charge in [-0.3, -0.25) is 0 Å². The molecule has 1 aliphatic carbocycles. The van der Waals surface area contributed by atoms with Crippen molar-refractivity contribution in [3.8, 4) is 44.8 Å². The first-order valence-corrected chi connectivity index (χ1v) is 15.7. The molecule has 1 aromatic heterocycles. The molecule has 1 nitrogen and oxygen atoms in total. The van der Waals surface area contributed by atoms with Gasteiger partial charge in [-0.15, -0.1) is 0 Å². The third-order valence-corrected chi connectivity index (χ3v) is 9.80. The molecular weight excluding hydrogens is 542 g/mol. The Morgan fingerprint density at radius 3 is 1.73 bits per heavy atom. The van der Waals surface area contributed by atoms with E-state index in [4.69, 9.17) is 4.98 Å². The minimum atomic E-state index is -0.109. The molecule has 8 aromatic rings. The maximum atomic E-state index is 5.52. The zero-order valence-electron chi connectivity index (χ0n) is 25.4. The van der Waals surface area contributed by atoms with Crippen LogP contribution in [0, 0.1) is 0 Å². The van der Waals surface area contributed by atoms with Crippen molar-refractivity contribution < 1.29 is 0 Å². The van der Waals surface area contributed by atoms with Crippen molar-refractivity contribution >= 4 is 32.3 Å². The highest BCUT2D eigenvalue weighted by atomic mass is 14.7. The van der Waals surface area contributed by atoms with Crippen molar-refractivity contribution in [1.29, 1.82) is 0 Å². The van der Waals surface area contributed by atoms with Crippen LogP contribution in [0.3, 0.4) is 0 Å². The molecule has 1 aliphatic rings. The molecule has 0 atom stereocenters. The Bertz CT molecular complexity index is 2370. The second-order valence-electron chi connectivity index (χ2n) is 12.8. The molecule has 45 heavy (non-hydrogen) atoms. The lowest BCUT2D eigenvalue weighted by atomic mass is 9.81. The van der Waals surface area contributed by atoms with Crippen LogP contribution in [0.5, 0.6) is 0 Å². The normalized spacial score (nSPS) is 13.3. The topological polar surface area (TPSA) is 12.9 Å². The van der Waals surface area contributed by atoms with E-state index >= 15 is 0 Å². The van der Waals surface area contributed by atoms with Crippen LogP contribution in [0.2, 0.25) is 0 Å². The van der Waals surface area contributed by atoms with E-state index in [9.17, 15) is 0 Å². The fourth-order valence-corrected chi connectivity index (χ4v) is 7.47. The lowest BCUT2D eigenvalue weighted by Gasteiger charge is -2.23. The first-order valence-electron chi connectivity index (χ1n) is 15.7. The molecule has 1 heteroatoms. The molecule has 0 bridgehead atoms. The largest absolute Gasteiger partial charge is 0.248 e. The van der Waals surface area contributed by atoms with E-state index in [1.54, 1.807) is 0 Å². The molecule has 0 aliphatic heterocycles. The summed E-state index contributed by atoms with van der Waals surface area (Å²) >= 11 is 0. The van der Waals surface area contributed by atoms with Crippen molar-refractivity contribution in [3.05, 3.63) is 163 Å². The minimum absolute atomic E-state index is 0.109. The van der Waals surface area contributed by atoms with E-state index < -0.39 is 0 Å². The second-order valence-corrected chi connectivity index (χ2v) is 12.8. The zero-order valence-corrected chi connectivity index (χ0v) is 25.4. The highest BCUT2D eigenvalue weighted by molar-refractivity contribution is 6.08. The van der Waals surface area contributed by atoms with Gasteiger partial charge in [0.25, 0.3) is 0 Å². The van der Waals surface area contributed by atoms with Crippen LogP contribution in [-0.4, -0.2) is 4.98 Å². The van der Waals surface area contributed by atoms with Crippen LogP contribution in [0.15, 0.2) is 152 Å². The van der Waals surface area contributed by atoms with E-state index in [2.05, 4.69) is 166 Å². The van der Waals surface area contributed by atoms with E-state index in [0.29, 0.717) is 0 Å². The Labute approximate surface area is 263 Å². The Morgan fingerprint density at radius 1 is 0.400 bits per heavy atom. The first kappa shape index (κ1) is 25.9. The van der Waals surface area contributed by atoms with Crippen molar-refractivity contribution in [3.63, 3.8) is 0 Å². The fourth-order valence-electron chi connectivity index (χ4n) is 7.47. The minimum Gasteiger partial charge on any atom is -0.248 e. The average Bonchev–Trinajstić information content (AvgIpc) is 3.32. The molecule has 9 rings (SSSR count).